The van der Waals surface area contributed by atoms with Gasteiger partial charge in [-0.25, -0.2) is 10.4 Å². The molecule has 1 N–H and O–H groups in total. The molecule has 0 saturated heterocycles. The molecule has 3 aromatic rings. The molecule has 2 aromatic carbocycles. The molecule has 0 atom stereocenters. The highest BCUT2D eigenvalue weighted by Gasteiger charge is 2.09. The molecule has 0 spiro atoms. The summed E-state index contributed by atoms with van der Waals surface area (Å²) >= 11 is 3.39. The Morgan fingerprint density at radius 3 is 2.96 bits per heavy atom. The first-order valence-electron chi connectivity index (χ1n) is 7.13. The molecule has 3 rings (SSSR count). The molecule has 6 heteroatoms. The predicted octanol–water partition coefficient (Wildman–Crippen LogP) is 3.26. The van der Waals surface area contributed by atoms with E-state index in [1.807, 2.05) is 60.0 Å². The molecule has 0 unspecified atom stereocenters. The molecule has 0 radical (unpaired) electrons. The van der Waals surface area contributed by atoms with Crippen molar-refractivity contribution in [3.8, 4) is 0 Å². The summed E-state index contributed by atoms with van der Waals surface area (Å²) in [7, 11) is 0. The summed E-state index contributed by atoms with van der Waals surface area (Å²) < 4.78 is 2.84. The first-order chi connectivity index (χ1) is 11.1. The lowest BCUT2D eigenvalue weighted by Crippen LogP contribution is -2.23. The van der Waals surface area contributed by atoms with Gasteiger partial charge in [0.2, 0.25) is 0 Å². The molecular weight excluding hydrogens is 356 g/mol. The number of nitrogens with zero attached hydrogens (tertiary/aromatic N) is 3. The highest BCUT2D eigenvalue weighted by atomic mass is 79.9. The lowest BCUT2D eigenvalue weighted by atomic mass is 10.2. The van der Waals surface area contributed by atoms with Gasteiger partial charge in [0, 0.05) is 4.47 Å². The van der Waals surface area contributed by atoms with Crippen molar-refractivity contribution < 1.29 is 4.79 Å². The van der Waals surface area contributed by atoms with Crippen molar-refractivity contribution in [1.82, 2.24) is 15.0 Å². The number of halogens is 1. The lowest BCUT2D eigenvalue weighted by Gasteiger charge is -2.05. The van der Waals surface area contributed by atoms with Crippen molar-refractivity contribution in [1.29, 1.82) is 0 Å². The molecule has 0 aliphatic rings. The van der Waals surface area contributed by atoms with Gasteiger partial charge in [0.05, 0.1) is 17.2 Å². The molecule has 116 valence electrons. The zero-order valence-corrected chi connectivity index (χ0v) is 14.1. The van der Waals surface area contributed by atoms with Crippen molar-refractivity contribution in [3.05, 3.63) is 64.4 Å². The number of amides is 1. The number of hydrazone groups is 1. The molecule has 1 amide bonds. The van der Waals surface area contributed by atoms with Gasteiger partial charge < -0.3 is 4.57 Å². The number of imidazole rings is 1. The summed E-state index contributed by atoms with van der Waals surface area (Å²) in [5.74, 6) is 0.611. The lowest BCUT2D eigenvalue weighted by molar-refractivity contribution is -0.121. The third kappa shape index (κ3) is 3.65. The van der Waals surface area contributed by atoms with E-state index in [4.69, 9.17) is 0 Å². The van der Waals surface area contributed by atoms with Gasteiger partial charge in [0.1, 0.15) is 12.4 Å². The molecule has 1 aromatic heterocycles. The number of fused-ring (bicyclic) bond motifs is 1. The average molecular weight is 371 g/mol. The topological polar surface area (TPSA) is 59.3 Å². The van der Waals surface area contributed by atoms with Crippen LogP contribution in [-0.2, 0) is 11.3 Å². The summed E-state index contributed by atoms with van der Waals surface area (Å²) in [6.07, 6.45) is 1.61. The monoisotopic (exact) mass is 370 g/mol. The Kier molecular flexibility index (Phi) is 4.52. The Balaban J connectivity index is 1.68. The van der Waals surface area contributed by atoms with Crippen LogP contribution in [0, 0.1) is 6.92 Å². The van der Waals surface area contributed by atoms with Crippen LogP contribution in [0.2, 0.25) is 0 Å². The number of benzene rings is 2. The quantitative estimate of drug-likeness (QED) is 0.565. The molecule has 0 bridgehead atoms. The number of aryl methyl sites for hydroxylation is 1. The van der Waals surface area contributed by atoms with E-state index in [1.165, 1.54) is 0 Å². The number of hydrogen-bond donors (Lipinski definition) is 1. The van der Waals surface area contributed by atoms with Gasteiger partial charge in [-0.1, -0.05) is 40.2 Å². The Morgan fingerprint density at radius 2 is 2.13 bits per heavy atom. The molecule has 5 nitrogen and oxygen atoms in total. The van der Waals surface area contributed by atoms with Crippen LogP contribution in [0.3, 0.4) is 0 Å². The highest BCUT2D eigenvalue weighted by Crippen LogP contribution is 2.15. The van der Waals surface area contributed by atoms with E-state index in [1.54, 1.807) is 6.21 Å². The van der Waals surface area contributed by atoms with E-state index in [0.717, 1.165) is 26.9 Å². The number of carbonyl (C=O) groups is 1. The zero-order chi connectivity index (χ0) is 16.2. The summed E-state index contributed by atoms with van der Waals surface area (Å²) in [4.78, 5) is 16.5. The van der Waals surface area contributed by atoms with E-state index in [0.29, 0.717) is 0 Å². The number of para-hydroxylation sites is 2. The van der Waals surface area contributed by atoms with Gasteiger partial charge in [-0.05, 0) is 36.8 Å². The number of nitrogens with one attached hydrogen (secondary N) is 1. The highest BCUT2D eigenvalue weighted by molar-refractivity contribution is 9.10. The smallest absolute Gasteiger partial charge is 0.260 e. The van der Waals surface area contributed by atoms with E-state index in [9.17, 15) is 4.79 Å². The second kappa shape index (κ2) is 6.75. The molecule has 23 heavy (non-hydrogen) atoms. The van der Waals surface area contributed by atoms with Crippen LogP contribution in [0.4, 0.5) is 0 Å². The van der Waals surface area contributed by atoms with Crippen molar-refractivity contribution in [2.75, 3.05) is 0 Å². The van der Waals surface area contributed by atoms with E-state index >= 15 is 0 Å². The van der Waals surface area contributed by atoms with Crippen LogP contribution < -0.4 is 5.43 Å². The Labute approximate surface area is 142 Å². The maximum Gasteiger partial charge on any atom is 0.260 e. The maximum atomic E-state index is 12.1. The van der Waals surface area contributed by atoms with Gasteiger partial charge >= 0.3 is 0 Å². The van der Waals surface area contributed by atoms with Gasteiger partial charge in [-0.15, -0.1) is 0 Å². The van der Waals surface area contributed by atoms with Gasteiger partial charge in [0.15, 0.2) is 0 Å². The second-order valence-electron chi connectivity index (χ2n) is 5.08. The number of aromatic nitrogens is 2. The van der Waals surface area contributed by atoms with Crippen molar-refractivity contribution in [2.24, 2.45) is 5.10 Å². The summed E-state index contributed by atoms with van der Waals surface area (Å²) in [5.41, 5.74) is 5.28. The predicted molar refractivity (Wildman–Crippen MR) is 94.3 cm³/mol. The molecule has 0 saturated carbocycles. The fourth-order valence-electron chi connectivity index (χ4n) is 2.34. The molecule has 0 fully saturated rings. The first-order valence-corrected chi connectivity index (χ1v) is 7.92. The Hall–Kier alpha value is -2.47. The molecule has 0 aliphatic heterocycles. The van der Waals surface area contributed by atoms with Crippen molar-refractivity contribution >= 4 is 39.1 Å². The number of hydrogen-bond acceptors (Lipinski definition) is 3. The van der Waals surface area contributed by atoms with E-state index < -0.39 is 0 Å². The van der Waals surface area contributed by atoms with E-state index in [-0.39, 0.29) is 12.5 Å². The fraction of sp³-hybridized carbons (Fsp3) is 0.118. The van der Waals surface area contributed by atoms with Gasteiger partial charge in [-0.3, -0.25) is 4.79 Å². The van der Waals surface area contributed by atoms with Crippen LogP contribution in [0.5, 0.6) is 0 Å². The third-order valence-corrected chi connectivity index (χ3v) is 3.89. The van der Waals surface area contributed by atoms with E-state index in [2.05, 4.69) is 31.4 Å². The minimum Gasteiger partial charge on any atom is -0.319 e. The van der Waals surface area contributed by atoms with Crippen LogP contribution in [0.1, 0.15) is 11.4 Å². The Bertz CT molecular complexity index is 885. The molecular formula is C17H15BrN4O. The minimum atomic E-state index is -0.192. The largest absolute Gasteiger partial charge is 0.319 e. The Morgan fingerprint density at radius 1 is 1.30 bits per heavy atom. The van der Waals surface area contributed by atoms with Crippen LogP contribution in [0.15, 0.2) is 58.1 Å². The van der Waals surface area contributed by atoms with Gasteiger partial charge in [-0.2, -0.15) is 5.10 Å². The molecule has 0 aliphatic carbocycles. The summed E-state index contributed by atoms with van der Waals surface area (Å²) in [6, 6.07) is 15.4. The van der Waals surface area contributed by atoms with Gasteiger partial charge in [0.25, 0.3) is 5.91 Å². The van der Waals surface area contributed by atoms with Crippen LogP contribution >= 0.6 is 15.9 Å². The SMILES string of the molecule is Cc1nc2ccccc2n1CC(=O)N/N=C/c1cccc(Br)c1. The fourth-order valence-corrected chi connectivity index (χ4v) is 2.76. The van der Waals surface area contributed by atoms with Crippen LogP contribution in [0.25, 0.3) is 11.0 Å². The minimum absolute atomic E-state index is 0.183. The maximum absolute atomic E-state index is 12.1. The summed E-state index contributed by atoms with van der Waals surface area (Å²) in [6.45, 7) is 2.07. The first kappa shape index (κ1) is 15.4. The average Bonchev–Trinajstić information content (AvgIpc) is 2.83. The zero-order valence-electron chi connectivity index (χ0n) is 12.5. The summed E-state index contributed by atoms with van der Waals surface area (Å²) in [5, 5.41) is 3.99. The molecule has 1 heterocycles. The number of carbonyl (C=O) groups excluding carboxylic acids is 1. The third-order valence-electron chi connectivity index (χ3n) is 3.40. The second-order valence-corrected chi connectivity index (χ2v) is 6.00. The standard InChI is InChI=1S/C17H15BrN4O/c1-12-20-15-7-2-3-8-16(15)22(12)11-17(23)21-19-10-13-5-4-6-14(18)9-13/h2-10H,11H2,1H3,(H,21,23)/b19-10+. The van der Waals surface area contributed by atoms with Crippen molar-refractivity contribution in [3.63, 3.8) is 0 Å². The number of rotatable bonds is 4. The van der Waals surface area contributed by atoms with Crippen molar-refractivity contribution in [2.45, 2.75) is 13.5 Å². The normalized spacial score (nSPS) is 11.2. The van der Waals surface area contributed by atoms with Crippen LogP contribution in [-0.4, -0.2) is 21.7 Å².